The molecule has 1 aromatic carbocycles. The van der Waals surface area contributed by atoms with Crippen LogP contribution < -0.4 is 10.6 Å². The number of amides is 2. The van der Waals surface area contributed by atoms with Crippen LogP contribution in [-0.2, 0) is 14.3 Å². The third-order valence-electron chi connectivity index (χ3n) is 4.57. The highest BCUT2D eigenvalue weighted by Gasteiger charge is 2.24. The van der Waals surface area contributed by atoms with Gasteiger partial charge in [0.15, 0.2) is 0 Å². The van der Waals surface area contributed by atoms with Crippen molar-refractivity contribution in [3.8, 4) is 0 Å². The largest absolute Gasteiger partial charge is 0.383 e. The number of carbonyl (C=O) groups excluding carboxylic acids is 2. The predicted octanol–water partition coefficient (Wildman–Crippen LogP) is 1.78. The SMILES string of the molecule is COCCN1CCCC(NC(=O)C(=O)Nc2c(C)cc(C)cc2C)C1. The Morgan fingerprint density at radius 3 is 2.52 bits per heavy atom. The van der Waals surface area contributed by atoms with Crippen molar-refractivity contribution in [3.05, 3.63) is 28.8 Å². The van der Waals surface area contributed by atoms with Gasteiger partial charge in [-0.2, -0.15) is 0 Å². The predicted molar refractivity (Wildman–Crippen MR) is 98.8 cm³/mol. The lowest BCUT2D eigenvalue weighted by Gasteiger charge is -2.32. The van der Waals surface area contributed by atoms with Crippen LogP contribution in [0.15, 0.2) is 12.1 Å². The molecule has 0 aliphatic carbocycles. The highest BCUT2D eigenvalue weighted by Crippen LogP contribution is 2.21. The standard InChI is InChI=1S/C19H29N3O3/c1-13-10-14(2)17(15(3)11-13)21-19(24)18(23)20-16-6-5-7-22(12-16)8-9-25-4/h10-11,16H,5-9,12H2,1-4H3,(H,20,23)(H,21,24). The van der Waals surface area contributed by atoms with Crippen LogP contribution in [0.3, 0.4) is 0 Å². The van der Waals surface area contributed by atoms with E-state index in [0.29, 0.717) is 6.61 Å². The quantitative estimate of drug-likeness (QED) is 0.797. The Balaban J connectivity index is 1.91. The highest BCUT2D eigenvalue weighted by atomic mass is 16.5. The van der Waals surface area contributed by atoms with Gasteiger partial charge in [-0.1, -0.05) is 17.7 Å². The lowest BCUT2D eigenvalue weighted by molar-refractivity contribution is -0.136. The van der Waals surface area contributed by atoms with E-state index in [1.807, 2.05) is 32.9 Å². The van der Waals surface area contributed by atoms with E-state index in [1.54, 1.807) is 7.11 Å². The molecular weight excluding hydrogens is 318 g/mol. The average Bonchev–Trinajstić information content (AvgIpc) is 2.56. The monoisotopic (exact) mass is 347 g/mol. The van der Waals surface area contributed by atoms with Crippen LogP contribution in [0.2, 0.25) is 0 Å². The van der Waals surface area contributed by atoms with Crippen molar-refractivity contribution >= 4 is 17.5 Å². The van der Waals surface area contributed by atoms with Crippen molar-refractivity contribution < 1.29 is 14.3 Å². The Hall–Kier alpha value is -1.92. The van der Waals surface area contributed by atoms with Gasteiger partial charge < -0.3 is 15.4 Å². The number of likely N-dealkylation sites (tertiary alicyclic amines) is 1. The molecule has 138 valence electrons. The molecule has 2 rings (SSSR count). The number of ether oxygens (including phenoxy) is 1. The molecule has 2 amide bonds. The van der Waals surface area contributed by atoms with Crippen LogP contribution in [-0.4, -0.2) is 56.1 Å². The number of carbonyl (C=O) groups is 2. The Kier molecular flexibility index (Phi) is 6.96. The molecule has 0 bridgehead atoms. The summed E-state index contributed by atoms with van der Waals surface area (Å²) < 4.78 is 5.10. The molecule has 1 unspecified atom stereocenters. The van der Waals surface area contributed by atoms with Gasteiger partial charge in [0, 0.05) is 31.9 Å². The molecule has 0 aromatic heterocycles. The van der Waals surface area contributed by atoms with Crippen LogP contribution >= 0.6 is 0 Å². The van der Waals surface area contributed by atoms with Gasteiger partial charge >= 0.3 is 11.8 Å². The average molecular weight is 347 g/mol. The Morgan fingerprint density at radius 1 is 1.20 bits per heavy atom. The molecule has 1 atom stereocenters. The zero-order valence-corrected chi connectivity index (χ0v) is 15.6. The number of aryl methyl sites for hydroxylation is 3. The minimum Gasteiger partial charge on any atom is -0.383 e. The second kappa shape index (κ2) is 8.97. The normalized spacial score (nSPS) is 18.0. The van der Waals surface area contributed by atoms with E-state index >= 15 is 0 Å². The molecule has 0 saturated carbocycles. The summed E-state index contributed by atoms with van der Waals surface area (Å²) in [5, 5.41) is 5.62. The minimum absolute atomic E-state index is 0.00377. The number of hydrogen-bond acceptors (Lipinski definition) is 4. The Bertz CT molecular complexity index is 607. The topological polar surface area (TPSA) is 70.7 Å². The first kappa shape index (κ1) is 19.4. The highest BCUT2D eigenvalue weighted by molar-refractivity contribution is 6.39. The number of hydrogen-bond donors (Lipinski definition) is 2. The molecule has 1 aliphatic rings. The van der Waals surface area contributed by atoms with Crippen LogP contribution in [0, 0.1) is 20.8 Å². The van der Waals surface area contributed by atoms with E-state index in [4.69, 9.17) is 4.74 Å². The van der Waals surface area contributed by atoms with Crippen LogP contribution in [0.1, 0.15) is 29.5 Å². The summed E-state index contributed by atoms with van der Waals surface area (Å²) >= 11 is 0. The lowest BCUT2D eigenvalue weighted by Crippen LogP contribution is -2.50. The first-order valence-corrected chi connectivity index (χ1v) is 8.81. The summed E-state index contributed by atoms with van der Waals surface area (Å²) in [7, 11) is 1.68. The van der Waals surface area contributed by atoms with Crippen molar-refractivity contribution in [1.82, 2.24) is 10.2 Å². The van der Waals surface area contributed by atoms with Crippen LogP contribution in [0.5, 0.6) is 0 Å². The molecule has 0 radical (unpaired) electrons. The molecule has 2 N–H and O–H groups in total. The second-order valence-electron chi connectivity index (χ2n) is 6.83. The van der Waals surface area contributed by atoms with Crippen molar-refractivity contribution in [2.24, 2.45) is 0 Å². The number of benzene rings is 1. The van der Waals surface area contributed by atoms with E-state index in [2.05, 4.69) is 15.5 Å². The molecule has 1 fully saturated rings. The molecule has 6 heteroatoms. The molecule has 6 nitrogen and oxygen atoms in total. The number of nitrogens with one attached hydrogen (secondary N) is 2. The summed E-state index contributed by atoms with van der Waals surface area (Å²) in [6, 6.07) is 3.99. The van der Waals surface area contributed by atoms with Gasteiger partial charge in [-0.25, -0.2) is 0 Å². The van der Waals surface area contributed by atoms with Gasteiger partial charge in [-0.05, 0) is 51.3 Å². The zero-order chi connectivity index (χ0) is 18.4. The van der Waals surface area contributed by atoms with Gasteiger partial charge in [0.1, 0.15) is 0 Å². The maximum absolute atomic E-state index is 12.3. The maximum Gasteiger partial charge on any atom is 0.313 e. The van der Waals surface area contributed by atoms with Crippen molar-refractivity contribution in [2.75, 3.05) is 38.7 Å². The number of methoxy groups -OCH3 is 1. The van der Waals surface area contributed by atoms with Crippen molar-refractivity contribution in [2.45, 2.75) is 39.7 Å². The third kappa shape index (κ3) is 5.54. The summed E-state index contributed by atoms with van der Waals surface area (Å²) in [6.07, 6.45) is 1.90. The van der Waals surface area contributed by atoms with E-state index in [1.165, 1.54) is 0 Å². The molecule has 0 spiro atoms. The first-order valence-electron chi connectivity index (χ1n) is 8.81. The van der Waals surface area contributed by atoms with Crippen molar-refractivity contribution in [3.63, 3.8) is 0 Å². The zero-order valence-electron chi connectivity index (χ0n) is 15.6. The summed E-state index contributed by atoms with van der Waals surface area (Å²) in [4.78, 5) is 26.8. The molecule has 1 aliphatic heterocycles. The lowest BCUT2D eigenvalue weighted by atomic mass is 10.0. The first-order chi connectivity index (χ1) is 11.9. The van der Waals surface area contributed by atoms with E-state index in [0.717, 1.165) is 54.9 Å². The van der Waals surface area contributed by atoms with Crippen LogP contribution in [0.4, 0.5) is 5.69 Å². The molecule has 1 aromatic rings. The van der Waals surface area contributed by atoms with Gasteiger partial charge in [-0.15, -0.1) is 0 Å². The fourth-order valence-corrected chi connectivity index (χ4v) is 3.40. The number of rotatable bonds is 5. The summed E-state index contributed by atoms with van der Waals surface area (Å²) in [5.74, 6) is -1.18. The van der Waals surface area contributed by atoms with Gasteiger partial charge in [0.05, 0.1) is 6.61 Å². The second-order valence-corrected chi connectivity index (χ2v) is 6.83. The third-order valence-corrected chi connectivity index (χ3v) is 4.57. The minimum atomic E-state index is -0.607. The summed E-state index contributed by atoms with van der Waals surface area (Å²) in [5.41, 5.74) is 3.77. The van der Waals surface area contributed by atoms with Gasteiger partial charge in [0.2, 0.25) is 0 Å². The van der Waals surface area contributed by atoms with Crippen molar-refractivity contribution in [1.29, 1.82) is 0 Å². The molecule has 1 heterocycles. The maximum atomic E-state index is 12.3. The fourth-order valence-electron chi connectivity index (χ4n) is 3.40. The van der Waals surface area contributed by atoms with E-state index in [-0.39, 0.29) is 6.04 Å². The van der Waals surface area contributed by atoms with Crippen LogP contribution in [0.25, 0.3) is 0 Å². The Morgan fingerprint density at radius 2 is 1.88 bits per heavy atom. The van der Waals surface area contributed by atoms with E-state index in [9.17, 15) is 9.59 Å². The molecule has 1 saturated heterocycles. The fraction of sp³-hybridized carbons (Fsp3) is 0.579. The number of anilines is 1. The Labute approximate surface area is 149 Å². The summed E-state index contributed by atoms with van der Waals surface area (Å²) in [6.45, 7) is 9.15. The smallest absolute Gasteiger partial charge is 0.313 e. The van der Waals surface area contributed by atoms with Gasteiger partial charge in [-0.3, -0.25) is 14.5 Å². The van der Waals surface area contributed by atoms with Gasteiger partial charge in [0.25, 0.3) is 0 Å². The number of piperidine rings is 1. The number of nitrogens with zero attached hydrogens (tertiary/aromatic N) is 1. The molecule has 25 heavy (non-hydrogen) atoms. The molecular formula is C19H29N3O3. The van der Waals surface area contributed by atoms with E-state index < -0.39 is 11.8 Å².